The standard InChI is InChI=1S/C24H38O6/c1-14(25)30-19-12-18-22(2,3)10-7-11-23(18,4)17-9-8-15(20(26)27-5)16-13-29-21(28-6)24(16,17)19/h15-19,21H,7-13H2,1-6H3/t15-,16-,17-,18+,19-,21+,23-,24?/m1/s1. The smallest absolute Gasteiger partial charge is 0.309 e. The van der Waals surface area contributed by atoms with Gasteiger partial charge in [-0.05, 0) is 54.8 Å². The molecule has 1 spiro atoms. The highest BCUT2D eigenvalue weighted by Gasteiger charge is 2.74. The third-order valence-corrected chi connectivity index (χ3v) is 9.44. The van der Waals surface area contributed by atoms with Crippen LogP contribution in [-0.2, 0) is 28.5 Å². The van der Waals surface area contributed by atoms with E-state index in [-0.39, 0.29) is 46.6 Å². The highest BCUT2D eigenvalue weighted by Crippen LogP contribution is 2.72. The van der Waals surface area contributed by atoms with Crippen molar-refractivity contribution in [3.05, 3.63) is 0 Å². The topological polar surface area (TPSA) is 71.1 Å². The van der Waals surface area contributed by atoms with E-state index in [4.69, 9.17) is 18.9 Å². The molecule has 0 N–H and O–H groups in total. The summed E-state index contributed by atoms with van der Waals surface area (Å²) >= 11 is 0. The molecule has 30 heavy (non-hydrogen) atoms. The van der Waals surface area contributed by atoms with Crippen molar-refractivity contribution in [1.82, 2.24) is 0 Å². The Morgan fingerprint density at radius 1 is 1.03 bits per heavy atom. The number of hydrogen-bond donors (Lipinski definition) is 0. The molecule has 4 aliphatic rings. The van der Waals surface area contributed by atoms with Gasteiger partial charge in [0.15, 0.2) is 6.29 Å². The highest BCUT2D eigenvalue weighted by atomic mass is 16.7. The van der Waals surface area contributed by atoms with Gasteiger partial charge in [0.2, 0.25) is 0 Å². The van der Waals surface area contributed by atoms with E-state index < -0.39 is 11.7 Å². The van der Waals surface area contributed by atoms with Gasteiger partial charge < -0.3 is 18.9 Å². The fraction of sp³-hybridized carbons (Fsp3) is 0.917. The van der Waals surface area contributed by atoms with Crippen LogP contribution in [0.5, 0.6) is 0 Å². The zero-order valence-electron chi connectivity index (χ0n) is 19.4. The van der Waals surface area contributed by atoms with Crippen molar-refractivity contribution < 1.29 is 28.5 Å². The average Bonchev–Trinajstić information content (AvgIpc) is 3.07. The van der Waals surface area contributed by atoms with Crippen LogP contribution in [0.25, 0.3) is 0 Å². The first kappa shape index (κ1) is 22.1. The lowest BCUT2D eigenvalue weighted by atomic mass is 9.37. The molecule has 1 saturated heterocycles. The molecule has 1 aliphatic heterocycles. The van der Waals surface area contributed by atoms with Crippen LogP contribution in [0.15, 0.2) is 0 Å². The minimum atomic E-state index is -0.518. The zero-order chi connectivity index (χ0) is 21.9. The summed E-state index contributed by atoms with van der Waals surface area (Å²) in [4.78, 5) is 25.0. The Morgan fingerprint density at radius 2 is 1.77 bits per heavy atom. The quantitative estimate of drug-likeness (QED) is 0.641. The fourth-order valence-electron chi connectivity index (χ4n) is 8.50. The molecule has 0 radical (unpaired) electrons. The molecule has 170 valence electrons. The van der Waals surface area contributed by atoms with E-state index in [1.807, 2.05) is 0 Å². The van der Waals surface area contributed by atoms with Crippen LogP contribution >= 0.6 is 0 Å². The Hall–Kier alpha value is -1.14. The van der Waals surface area contributed by atoms with Gasteiger partial charge in [-0.3, -0.25) is 9.59 Å². The first-order chi connectivity index (χ1) is 14.1. The molecule has 0 aromatic heterocycles. The highest BCUT2D eigenvalue weighted by molar-refractivity contribution is 5.73. The molecule has 0 aromatic carbocycles. The van der Waals surface area contributed by atoms with Gasteiger partial charge in [-0.1, -0.05) is 27.2 Å². The predicted octanol–water partition coefficient (Wildman–Crippen LogP) is 3.96. The summed E-state index contributed by atoms with van der Waals surface area (Å²) in [6.45, 7) is 9.10. The molecule has 6 heteroatoms. The summed E-state index contributed by atoms with van der Waals surface area (Å²) in [5, 5.41) is 0. The van der Waals surface area contributed by atoms with Crippen LogP contribution in [0.2, 0.25) is 0 Å². The van der Waals surface area contributed by atoms with E-state index >= 15 is 0 Å². The maximum atomic E-state index is 12.7. The molecular formula is C24H38O6. The van der Waals surface area contributed by atoms with Crippen LogP contribution in [0.3, 0.4) is 0 Å². The van der Waals surface area contributed by atoms with Crippen LogP contribution in [-0.4, -0.2) is 45.2 Å². The van der Waals surface area contributed by atoms with Crippen molar-refractivity contribution in [2.75, 3.05) is 20.8 Å². The Kier molecular flexibility index (Phi) is 5.50. The second-order valence-corrected chi connectivity index (χ2v) is 11.0. The molecular weight excluding hydrogens is 384 g/mol. The van der Waals surface area contributed by atoms with Crippen molar-refractivity contribution in [2.24, 2.45) is 39.9 Å². The van der Waals surface area contributed by atoms with Gasteiger partial charge in [-0.15, -0.1) is 0 Å². The van der Waals surface area contributed by atoms with E-state index in [0.29, 0.717) is 12.5 Å². The minimum absolute atomic E-state index is 0.0687. The van der Waals surface area contributed by atoms with Gasteiger partial charge in [0.05, 0.1) is 25.0 Å². The summed E-state index contributed by atoms with van der Waals surface area (Å²) in [6.07, 6.45) is 5.25. The molecule has 4 fully saturated rings. The molecule has 4 rings (SSSR count). The second kappa shape index (κ2) is 7.47. The number of hydrogen-bond acceptors (Lipinski definition) is 6. The summed E-state index contributed by atoms with van der Waals surface area (Å²) in [6, 6.07) is 0. The Bertz CT molecular complexity index is 704. The summed E-state index contributed by atoms with van der Waals surface area (Å²) < 4.78 is 23.4. The van der Waals surface area contributed by atoms with Gasteiger partial charge >= 0.3 is 11.9 Å². The number of carbonyl (C=O) groups is 2. The lowest BCUT2D eigenvalue weighted by molar-refractivity contribution is -0.280. The monoisotopic (exact) mass is 422 g/mol. The van der Waals surface area contributed by atoms with E-state index in [1.165, 1.54) is 26.9 Å². The summed E-state index contributed by atoms with van der Waals surface area (Å²) in [5.74, 6) is -0.0535. The molecule has 1 unspecified atom stereocenters. The van der Waals surface area contributed by atoms with Crippen molar-refractivity contribution in [3.8, 4) is 0 Å². The average molecular weight is 423 g/mol. The molecule has 0 bridgehead atoms. The van der Waals surface area contributed by atoms with Crippen molar-refractivity contribution >= 4 is 11.9 Å². The third-order valence-electron chi connectivity index (χ3n) is 9.44. The van der Waals surface area contributed by atoms with E-state index in [0.717, 1.165) is 25.7 Å². The van der Waals surface area contributed by atoms with Crippen LogP contribution in [0, 0.1) is 39.9 Å². The van der Waals surface area contributed by atoms with Gasteiger partial charge in [0.1, 0.15) is 6.10 Å². The van der Waals surface area contributed by atoms with Crippen molar-refractivity contribution in [1.29, 1.82) is 0 Å². The number of carbonyl (C=O) groups excluding carboxylic acids is 2. The predicted molar refractivity (Wildman–Crippen MR) is 110 cm³/mol. The van der Waals surface area contributed by atoms with E-state index in [9.17, 15) is 9.59 Å². The Labute approximate surface area is 180 Å². The lowest BCUT2D eigenvalue weighted by Gasteiger charge is -2.67. The molecule has 3 saturated carbocycles. The van der Waals surface area contributed by atoms with Crippen LogP contribution in [0.4, 0.5) is 0 Å². The van der Waals surface area contributed by atoms with Gasteiger partial charge in [-0.25, -0.2) is 0 Å². The normalized spacial score (nSPS) is 46.9. The molecule has 8 atom stereocenters. The maximum absolute atomic E-state index is 12.7. The molecule has 1 heterocycles. The SMILES string of the molecule is COC(=O)[C@@H]1CC[C@H]2C3([C@@H](OC)OC[C@H]13)[C@H](OC(C)=O)C[C@H]1C(C)(C)CCC[C@@]12C. The van der Waals surface area contributed by atoms with E-state index in [1.54, 1.807) is 7.11 Å². The van der Waals surface area contributed by atoms with Gasteiger partial charge in [0.25, 0.3) is 0 Å². The van der Waals surface area contributed by atoms with E-state index in [2.05, 4.69) is 20.8 Å². The summed E-state index contributed by atoms with van der Waals surface area (Å²) in [5.41, 5.74) is -0.234. The maximum Gasteiger partial charge on any atom is 0.309 e. The van der Waals surface area contributed by atoms with Crippen LogP contribution in [0.1, 0.15) is 66.2 Å². The number of ether oxygens (including phenoxy) is 4. The summed E-state index contributed by atoms with van der Waals surface area (Å²) in [7, 11) is 3.13. The second-order valence-electron chi connectivity index (χ2n) is 11.0. The minimum Gasteiger partial charge on any atom is -0.469 e. The third kappa shape index (κ3) is 2.89. The Morgan fingerprint density at radius 3 is 2.40 bits per heavy atom. The Balaban J connectivity index is 1.88. The molecule has 0 aromatic rings. The zero-order valence-corrected chi connectivity index (χ0v) is 19.4. The molecule has 0 amide bonds. The van der Waals surface area contributed by atoms with Gasteiger partial charge in [0, 0.05) is 20.0 Å². The van der Waals surface area contributed by atoms with Crippen LogP contribution < -0.4 is 0 Å². The fourth-order valence-corrected chi connectivity index (χ4v) is 8.50. The largest absolute Gasteiger partial charge is 0.469 e. The number of esters is 2. The van der Waals surface area contributed by atoms with Gasteiger partial charge in [-0.2, -0.15) is 0 Å². The lowest BCUT2D eigenvalue weighted by Crippen LogP contribution is -2.68. The first-order valence-electron chi connectivity index (χ1n) is 11.5. The number of fused-ring (bicyclic) bond motifs is 2. The number of rotatable bonds is 3. The molecule has 6 nitrogen and oxygen atoms in total. The van der Waals surface area contributed by atoms with Crippen molar-refractivity contribution in [3.63, 3.8) is 0 Å². The first-order valence-corrected chi connectivity index (χ1v) is 11.5. The van der Waals surface area contributed by atoms with Crippen molar-refractivity contribution in [2.45, 2.75) is 78.6 Å². The molecule has 3 aliphatic carbocycles. The number of methoxy groups -OCH3 is 2.